The molecule has 1 unspecified atom stereocenters. The predicted molar refractivity (Wildman–Crippen MR) is 87.0 cm³/mol. The molecular weight excluding hydrogens is 339 g/mol. The van der Waals surface area contributed by atoms with Crippen molar-refractivity contribution < 1.29 is 18.0 Å². The zero-order chi connectivity index (χ0) is 17.3. The average molecular weight is 354 g/mol. The fourth-order valence-electron chi connectivity index (χ4n) is 2.79. The van der Waals surface area contributed by atoms with Crippen molar-refractivity contribution in [1.82, 2.24) is 0 Å². The van der Waals surface area contributed by atoms with Crippen molar-refractivity contribution in [2.75, 3.05) is 5.32 Å². The van der Waals surface area contributed by atoms with Crippen LogP contribution in [0.4, 0.5) is 18.9 Å². The molecule has 1 aliphatic carbocycles. The maximum atomic E-state index is 13.1. The van der Waals surface area contributed by atoms with Crippen LogP contribution in [0.2, 0.25) is 5.02 Å². The number of alkyl halides is 3. The highest BCUT2D eigenvalue weighted by molar-refractivity contribution is 6.30. The number of anilines is 1. The maximum Gasteiger partial charge on any atom is 0.418 e. The summed E-state index contributed by atoms with van der Waals surface area (Å²) in [4.78, 5) is 12.6. The first kappa shape index (κ1) is 16.8. The lowest BCUT2D eigenvalue weighted by molar-refractivity contribution is -0.137. The first-order valence-electron chi connectivity index (χ1n) is 7.59. The number of rotatable bonds is 4. The Morgan fingerprint density at radius 3 is 2.29 bits per heavy atom. The first-order chi connectivity index (χ1) is 11.4. The van der Waals surface area contributed by atoms with E-state index in [9.17, 15) is 18.0 Å². The Kier molecular flexibility index (Phi) is 4.54. The normalized spacial score (nSPS) is 15.8. The standard InChI is InChI=1S/C18H15ClF3NO/c19-13-9-7-12(8-10-13)16(11-5-6-11)17(24)23-15-4-2-1-3-14(15)18(20,21)22/h1-4,7-11,16H,5-6H2,(H,23,24). The Balaban J connectivity index is 1.87. The first-order valence-corrected chi connectivity index (χ1v) is 7.96. The third-order valence-corrected chi connectivity index (χ3v) is 4.35. The lowest BCUT2D eigenvalue weighted by Crippen LogP contribution is -2.24. The molecule has 0 aliphatic heterocycles. The molecule has 1 fully saturated rings. The molecule has 1 atom stereocenters. The lowest BCUT2D eigenvalue weighted by Gasteiger charge is -2.19. The van der Waals surface area contributed by atoms with E-state index in [0.717, 1.165) is 24.5 Å². The van der Waals surface area contributed by atoms with E-state index < -0.39 is 23.6 Å². The van der Waals surface area contributed by atoms with E-state index >= 15 is 0 Å². The zero-order valence-corrected chi connectivity index (χ0v) is 13.4. The summed E-state index contributed by atoms with van der Waals surface area (Å²) in [5, 5.41) is 3.01. The van der Waals surface area contributed by atoms with Gasteiger partial charge in [-0.2, -0.15) is 13.2 Å². The summed E-state index contributed by atoms with van der Waals surface area (Å²) in [6.07, 6.45) is -2.73. The molecule has 2 nitrogen and oxygen atoms in total. The van der Waals surface area contributed by atoms with Gasteiger partial charge in [0.1, 0.15) is 0 Å². The molecule has 0 bridgehead atoms. The molecule has 0 aromatic heterocycles. The van der Waals surface area contributed by atoms with Gasteiger partial charge in [0.05, 0.1) is 17.2 Å². The van der Waals surface area contributed by atoms with E-state index in [-0.39, 0.29) is 11.6 Å². The van der Waals surface area contributed by atoms with E-state index in [0.29, 0.717) is 5.02 Å². The van der Waals surface area contributed by atoms with Crippen molar-refractivity contribution in [2.24, 2.45) is 5.92 Å². The van der Waals surface area contributed by atoms with Gasteiger partial charge in [-0.05, 0) is 48.6 Å². The average Bonchev–Trinajstić information content (AvgIpc) is 3.34. The summed E-state index contributed by atoms with van der Waals surface area (Å²) in [7, 11) is 0. The van der Waals surface area contributed by atoms with Gasteiger partial charge in [-0.25, -0.2) is 0 Å². The van der Waals surface area contributed by atoms with E-state index in [4.69, 9.17) is 11.6 Å². The van der Waals surface area contributed by atoms with Crippen LogP contribution in [0.1, 0.15) is 29.9 Å². The van der Waals surface area contributed by atoms with Crippen LogP contribution in [0.3, 0.4) is 0 Å². The SMILES string of the molecule is O=C(Nc1ccccc1C(F)(F)F)C(c1ccc(Cl)cc1)C1CC1. The van der Waals surface area contributed by atoms with E-state index in [2.05, 4.69) is 5.32 Å². The van der Waals surface area contributed by atoms with Crippen LogP contribution >= 0.6 is 11.6 Å². The van der Waals surface area contributed by atoms with Crippen LogP contribution in [-0.2, 0) is 11.0 Å². The minimum Gasteiger partial charge on any atom is -0.325 e. The molecule has 6 heteroatoms. The molecule has 1 N–H and O–H groups in total. The largest absolute Gasteiger partial charge is 0.418 e. The number of carbonyl (C=O) groups is 1. The summed E-state index contributed by atoms with van der Waals surface area (Å²) in [6.45, 7) is 0. The van der Waals surface area contributed by atoms with Crippen molar-refractivity contribution in [3.8, 4) is 0 Å². The van der Waals surface area contributed by atoms with Crippen molar-refractivity contribution in [1.29, 1.82) is 0 Å². The highest BCUT2D eigenvalue weighted by Crippen LogP contribution is 2.44. The highest BCUT2D eigenvalue weighted by Gasteiger charge is 2.39. The minimum absolute atomic E-state index is 0.157. The second-order valence-corrected chi connectivity index (χ2v) is 6.34. The highest BCUT2D eigenvalue weighted by atomic mass is 35.5. The lowest BCUT2D eigenvalue weighted by atomic mass is 9.93. The van der Waals surface area contributed by atoms with Gasteiger partial charge in [0.15, 0.2) is 0 Å². The molecule has 0 spiro atoms. The topological polar surface area (TPSA) is 29.1 Å². The molecule has 3 rings (SSSR count). The molecule has 2 aromatic carbocycles. The Morgan fingerprint density at radius 2 is 1.71 bits per heavy atom. The quantitative estimate of drug-likeness (QED) is 0.773. The fourth-order valence-corrected chi connectivity index (χ4v) is 2.91. The van der Waals surface area contributed by atoms with Gasteiger partial charge in [-0.3, -0.25) is 4.79 Å². The van der Waals surface area contributed by atoms with Crippen molar-refractivity contribution in [3.63, 3.8) is 0 Å². The van der Waals surface area contributed by atoms with Crippen LogP contribution in [0.25, 0.3) is 0 Å². The Hall–Kier alpha value is -2.01. The summed E-state index contributed by atoms with van der Waals surface area (Å²) in [5.41, 5.74) is -0.289. The van der Waals surface area contributed by atoms with Gasteiger partial charge >= 0.3 is 6.18 Å². The number of hydrogen-bond donors (Lipinski definition) is 1. The Bertz CT molecular complexity index is 739. The third-order valence-electron chi connectivity index (χ3n) is 4.10. The molecule has 1 aliphatic rings. The number of amides is 1. The molecule has 2 aromatic rings. The van der Waals surface area contributed by atoms with E-state index in [1.54, 1.807) is 24.3 Å². The smallest absolute Gasteiger partial charge is 0.325 e. The number of para-hydroxylation sites is 1. The van der Waals surface area contributed by atoms with Crippen LogP contribution in [0.5, 0.6) is 0 Å². The number of hydrogen-bond acceptors (Lipinski definition) is 1. The molecule has 0 saturated heterocycles. The van der Waals surface area contributed by atoms with Gasteiger partial charge in [-0.1, -0.05) is 35.9 Å². The Labute approximate surface area is 142 Å². The van der Waals surface area contributed by atoms with Crippen molar-refractivity contribution in [2.45, 2.75) is 24.9 Å². The minimum atomic E-state index is -4.51. The van der Waals surface area contributed by atoms with Gasteiger partial charge in [0, 0.05) is 5.02 Å². The summed E-state index contributed by atoms with van der Waals surface area (Å²) in [6, 6.07) is 11.9. The summed E-state index contributed by atoms with van der Waals surface area (Å²) >= 11 is 5.87. The van der Waals surface area contributed by atoms with Crippen LogP contribution < -0.4 is 5.32 Å². The fraction of sp³-hybridized carbons (Fsp3) is 0.278. The van der Waals surface area contributed by atoms with Crippen LogP contribution in [-0.4, -0.2) is 5.91 Å². The number of carbonyl (C=O) groups excluding carboxylic acids is 1. The molecule has 1 amide bonds. The van der Waals surface area contributed by atoms with Gasteiger partial charge in [0.2, 0.25) is 5.91 Å². The van der Waals surface area contributed by atoms with E-state index in [1.807, 2.05) is 0 Å². The third kappa shape index (κ3) is 3.73. The molecule has 126 valence electrons. The van der Waals surface area contributed by atoms with Crippen molar-refractivity contribution in [3.05, 3.63) is 64.7 Å². The maximum absolute atomic E-state index is 13.1. The zero-order valence-electron chi connectivity index (χ0n) is 12.6. The van der Waals surface area contributed by atoms with Crippen LogP contribution in [0, 0.1) is 5.92 Å². The van der Waals surface area contributed by atoms with Crippen LogP contribution in [0.15, 0.2) is 48.5 Å². The number of nitrogens with one attached hydrogen (secondary N) is 1. The van der Waals surface area contributed by atoms with E-state index in [1.165, 1.54) is 18.2 Å². The van der Waals surface area contributed by atoms with Gasteiger partial charge in [-0.15, -0.1) is 0 Å². The monoisotopic (exact) mass is 353 g/mol. The molecule has 1 saturated carbocycles. The molecule has 0 heterocycles. The molecular formula is C18H15ClF3NO. The summed E-state index contributed by atoms with van der Waals surface area (Å²) in [5.74, 6) is -0.732. The second-order valence-electron chi connectivity index (χ2n) is 5.90. The second kappa shape index (κ2) is 6.48. The molecule has 24 heavy (non-hydrogen) atoms. The van der Waals surface area contributed by atoms with Gasteiger partial charge in [0.25, 0.3) is 0 Å². The Morgan fingerprint density at radius 1 is 1.08 bits per heavy atom. The predicted octanol–water partition coefficient (Wildman–Crippen LogP) is 5.49. The number of halogens is 4. The number of benzene rings is 2. The summed E-state index contributed by atoms with van der Waals surface area (Å²) < 4.78 is 39.2. The van der Waals surface area contributed by atoms with Gasteiger partial charge < -0.3 is 5.32 Å². The van der Waals surface area contributed by atoms with Crippen molar-refractivity contribution >= 4 is 23.2 Å². The molecule has 0 radical (unpaired) electrons.